The zero-order valence-electron chi connectivity index (χ0n) is 14.9. The van der Waals surface area contributed by atoms with Gasteiger partial charge in [0.2, 0.25) is 15.9 Å². The summed E-state index contributed by atoms with van der Waals surface area (Å²) in [4.78, 5) is 12.4. The fourth-order valence-corrected chi connectivity index (χ4v) is 4.14. The molecule has 6 heteroatoms. The molecule has 0 atom stereocenters. The molecule has 0 bridgehead atoms. The average Bonchev–Trinajstić information content (AvgIpc) is 2.64. The molecule has 1 aliphatic rings. The molecule has 2 aromatic rings. The molecule has 0 spiro atoms. The van der Waals surface area contributed by atoms with Crippen LogP contribution in [0.4, 0.5) is 5.69 Å². The lowest BCUT2D eigenvalue weighted by Gasteiger charge is -2.23. The minimum absolute atomic E-state index is 0.222. The number of nitrogens with zero attached hydrogens (tertiary/aromatic N) is 1. The third-order valence-electron chi connectivity index (χ3n) is 4.62. The van der Waals surface area contributed by atoms with E-state index < -0.39 is 10.0 Å². The molecule has 0 radical (unpaired) electrons. The van der Waals surface area contributed by atoms with Gasteiger partial charge in [0.05, 0.1) is 11.9 Å². The van der Waals surface area contributed by atoms with Crippen molar-refractivity contribution in [1.29, 1.82) is 0 Å². The van der Waals surface area contributed by atoms with Crippen LogP contribution in [0.2, 0.25) is 0 Å². The summed E-state index contributed by atoms with van der Waals surface area (Å²) < 4.78 is 25.9. The van der Waals surface area contributed by atoms with Crippen LogP contribution in [0.15, 0.2) is 54.1 Å². The highest BCUT2D eigenvalue weighted by Crippen LogP contribution is 2.28. The maximum atomic E-state index is 12.4. The Morgan fingerprint density at radius 1 is 1.12 bits per heavy atom. The van der Waals surface area contributed by atoms with Crippen molar-refractivity contribution in [3.63, 3.8) is 0 Å². The number of hydrogen-bond donors (Lipinski definition) is 1. The molecule has 0 aliphatic heterocycles. The van der Waals surface area contributed by atoms with Crippen molar-refractivity contribution < 1.29 is 13.2 Å². The molecule has 5 nitrogen and oxygen atoms in total. The topological polar surface area (TPSA) is 66.5 Å². The molecule has 2 aromatic carbocycles. The standard InChI is InChI=1S/C20H24N2O3S/c1-26(24,25)22(15-20(23)21-14-16-8-3-2-4-9-16)19-13-7-11-17-10-5-6-12-18(17)19/h5-8,10-13H,2-4,9,14-15H2,1H3,(H,21,23). The second-order valence-corrected chi connectivity index (χ2v) is 8.56. The van der Waals surface area contributed by atoms with Crippen molar-refractivity contribution in [2.45, 2.75) is 25.7 Å². The predicted molar refractivity (Wildman–Crippen MR) is 106 cm³/mol. The Balaban J connectivity index is 1.80. The number of sulfonamides is 1. The second kappa shape index (κ2) is 7.91. The zero-order valence-corrected chi connectivity index (χ0v) is 15.8. The lowest BCUT2D eigenvalue weighted by atomic mass is 10.00. The van der Waals surface area contributed by atoms with Crippen molar-refractivity contribution in [2.75, 3.05) is 23.7 Å². The second-order valence-electron chi connectivity index (χ2n) is 6.65. The number of amides is 1. The monoisotopic (exact) mass is 372 g/mol. The molecule has 1 aliphatic carbocycles. The van der Waals surface area contributed by atoms with Crippen molar-refractivity contribution in [2.24, 2.45) is 0 Å². The molecular weight excluding hydrogens is 348 g/mol. The Morgan fingerprint density at radius 2 is 1.88 bits per heavy atom. The van der Waals surface area contributed by atoms with E-state index in [9.17, 15) is 13.2 Å². The van der Waals surface area contributed by atoms with E-state index in [0.29, 0.717) is 12.2 Å². The molecule has 0 aromatic heterocycles. The molecule has 138 valence electrons. The van der Waals surface area contributed by atoms with Gasteiger partial charge in [-0.1, -0.05) is 48.0 Å². The van der Waals surface area contributed by atoms with E-state index in [1.807, 2.05) is 30.3 Å². The van der Waals surface area contributed by atoms with Gasteiger partial charge in [-0.05, 0) is 37.1 Å². The molecule has 0 heterocycles. The van der Waals surface area contributed by atoms with E-state index in [0.717, 1.165) is 36.3 Å². The van der Waals surface area contributed by atoms with Crippen molar-refractivity contribution in [3.8, 4) is 0 Å². The third-order valence-corrected chi connectivity index (χ3v) is 5.75. The molecule has 0 saturated carbocycles. The lowest BCUT2D eigenvalue weighted by Crippen LogP contribution is -2.41. The molecule has 3 rings (SSSR count). The first kappa shape index (κ1) is 18.5. The highest BCUT2D eigenvalue weighted by Gasteiger charge is 2.22. The fourth-order valence-electron chi connectivity index (χ4n) is 3.27. The molecule has 0 unspecified atom stereocenters. The van der Waals surface area contributed by atoms with Crippen LogP contribution < -0.4 is 9.62 Å². The number of anilines is 1. The van der Waals surface area contributed by atoms with Gasteiger partial charge in [0.15, 0.2) is 0 Å². The molecule has 1 amide bonds. The van der Waals surface area contributed by atoms with Gasteiger partial charge in [-0.15, -0.1) is 0 Å². The van der Waals surface area contributed by atoms with Gasteiger partial charge in [-0.25, -0.2) is 8.42 Å². The van der Waals surface area contributed by atoms with E-state index in [1.165, 1.54) is 16.3 Å². The Labute approximate surface area is 154 Å². The Morgan fingerprint density at radius 3 is 2.62 bits per heavy atom. The number of hydrogen-bond acceptors (Lipinski definition) is 3. The van der Waals surface area contributed by atoms with E-state index in [-0.39, 0.29) is 12.5 Å². The maximum Gasteiger partial charge on any atom is 0.241 e. The van der Waals surface area contributed by atoms with Crippen LogP contribution in [0.5, 0.6) is 0 Å². The Hall–Kier alpha value is -2.34. The molecule has 0 fully saturated rings. The fraction of sp³-hybridized carbons (Fsp3) is 0.350. The molecular formula is C20H24N2O3S. The number of allylic oxidation sites excluding steroid dienone is 1. The van der Waals surface area contributed by atoms with Crippen molar-refractivity contribution in [3.05, 3.63) is 54.1 Å². The normalized spacial score (nSPS) is 14.7. The van der Waals surface area contributed by atoms with Crippen LogP contribution in [-0.2, 0) is 14.8 Å². The van der Waals surface area contributed by atoms with Crippen molar-refractivity contribution in [1.82, 2.24) is 5.32 Å². The van der Waals surface area contributed by atoms with Crippen molar-refractivity contribution >= 4 is 32.4 Å². The van der Waals surface area contributed by atoms with Crippen LogP contribution >= 0.6 is 0 Å². The number of carbonyl (C=O) groups is 1. The van der Waals surface area contributed by atoms with Gasteiger partial charge in [-0.2, -0.15) is 0 Å². The summed E-state index contributed by atoms with van der Waals surface area (Å²) in [6.07, 6.45) is 7.69. The van der Waals surface area contributed by atoms with Gasteiger partial charge >= 0.3 is 0 Å². The quantitative estimate of drug-likeness (QED) is 0.792. The van der Waals surface area contributed by atoms with E-state index >= 15 is 0 Å². The molecule has 26 heavy (non-hydrogen) atoms. The zero-order chi connectivity index (χ0) is 18.6. The minimum atomic E-state index is -3.59. The van der Waals surface area contributed by atoms with Gasteiger partial charge in [-0.3, -0.25) is 9.10 Å². The van der Waals surface area contributed by atoms with Gasteiger partial charge < -0.3 is 5.32 Å². The highest BCUT2D eigenvalue weighted by atomic mass is 32.2. The average molecular weight is 372 g/mol. The smallest absolute Gasteiger partial charge is 0.241 e. The van der Waals surface area contributed by atoms with E-state index in [1.54, 1.807) is 12.1 Å². The van der Waals surface area contributed by atoms with Crippen LogP contribution in [0.1, 0.15) is 25.7 Å². The Kier molecular flexibility index (Phi) is 5.61. The molecule has 1 N–H and O–H groups in total. The highest BCUT2D eigenvalue weighted by molar-refractivity contribution is 7.92. The third kappa shape index (κ3) is 4.43. The largest absolute Gasteiger partial charge is 0.351 e. The first-order valence-electron chi connectivity index (χ1n) is 8.85. The summed E-state index contributed by atoms with van der Waals surface area (Å²) >= 11 is 0. The van der Waals surface area contributed by atoms with Gasteiger partial charge in [0, 0.05) is 11.9 Å². The van der Waals surface area contributed by atoms with E-state index in [2.05, 4.69) is 11.4 Å². The van der Waals surface area contributed by atoms with Crippen LogP contribution in [0.25, 0.3) is 10.8 Å². The minimum Gasteiger partial charge on any atom is -0.351 e. The predicted octanol–water partition coefficient (Wildman–Crippen LogP) is 3.22. The summed E-state index contributed by atoms with van der Waals surface area (Å²) in [5.41, 5.74) is 1.75. The first-order valence-corrected chi connectivity index (χ1v) is 10.7. The first-order chi connectivity index (χ1) is 12.4. The summed E-state index contributed by atoms with van der Waals surface area (Å²) in [5, 5.41) is 4.60. The molecule has 0 saturated heterocycles. The van der Waals surface area contributed by atoms with Crippen LogP contribution in [0, 0.1) is 0 Å². The Bertz CT molecular complexity index is 930. The lowest BCUT2D eigenvalue weighted by molar-refractivity contribution is -0.119. The number of fused-ring (bicyclic) bond motifs is 1. The maximum absolute atomic E-state index is 12.4. The summed E-state index contributed by atoms with van der Waals surface area (Å²) in [5.74, 6) is -0.296. The number of rotatable bonds is 6. The summed E-state index contributed by atoms with van der Waals surface area (Å²) in [6, 6.07) is 13.0. The number of nitrogens with one attached hydrogen (secondary N) is 1. The number of carbonyl (C=O) groups excluding carboxylic acids is 1. The van der Waals surface area contributed by atoms with Crippen LogP contribution in [-0.4, -0.2) is 33.7 Å². The van der Waals surface area contributed by atoms with Gasteiger partial charge in [0.1, 0.15) is 6.54 Å². The van der Waals surface area contributed by atoms with Gasteiger partial charge in [0.25, 0.3) is 0 Å². The van der Waals surface area contributed by atoms with E-state index in [4.69, 9.17) is 0 Å². The summed E-state index contributed by atoms with van der Waals surface area (Å²) in [6.45, 7) is 0.270. The van der Waals surface area contributed by atoms with Crippen LogP contribution in [0.3, 0.4) is 0 Å². The number of benzene rings is 2. The summed E-state index contributed by atoms with van der Waals surface area (Å²) in [7, 11) is -3.59. The SMILES string of the molecule is CS(=O)(=O)N(CC(=O)NCC1=CCCCC1)c1cccc2ccccc12.